The minimum absolute atomic E-state index is 0.0120. The van der Waals surface area contributed by atoms with Gasteiger partial charge in [-0.05, 0) is 72.8 Å². The summed E-state index contributed by atoms with van der Waals surface area (Å²) in [6.45, 7) is -5.95. The maximum Gasteiger partial charge on any atom is 0.323 e. The van der Waals surface area contributed by atoms with E-state index in [0.717, 1.165) is 39.2 Å². The number of hydrogen-bond donors (Lipinski definition) is 4. The molecule has 4 N–H and O–H groups in total. The lowest BCUT2D eigenvalue weighted by atomic mass is 10.1. The molecule has 0 aliphatic carbocycles. The number of β-amino-alcohol motifs (C(OH)–C–C–N with tert-alkyl or cyclic N) is 4. The van der Waals surface area contributed by atoms with Gasteiger partial charge in [0, 0.05) is 22.3 Å². The summed E-state index contributed by atoms with van der Waals surface area (Å²) in [7, 11) is 0. The Morgan fingerprint density at radius 3 is 0.705 bits per heavy atom. The summed E-state index contributed by atoms with van der Waals surface area (Å²) in [6, 6.07) is 14.4. The van der Waals surface area contributed by atoms with Crippen molar-refractivity contribution in [2.45, 2.75) is 36.7 Å². The molecule has 4 aromatic carbocycles. The van der Waals surface area contributed by atoms with Gasteiger partial charge in [-0.1, -0.05) is 23.7 Å². The number of carbonyl (C=O) groups excluding carboxylic acids is 10. The van der Waals surface area contributed by atoms with Crippen molar-refractivity contribution in [2.24, 2.45) is 0 Å². The lowest BCUT2D eigenvalue weighted by molar-refractivity contribution is 0.0238. The molecule has 4 unspecified atom stereocenters. The number of carbonyl (C=O) groups is 10. The first-order valence-corrected chi connectivity index (χ1v) is 24.0. The van der Waals surface area contributed by atoms with E-state index in [2.05, 4.69) is 23.7 Å². The number of imide groups is 4. The standard InChI is InChI=1S/C56H42N8O14/c1-5-29-9-13-37-41(17-29)51(73)61(47(37)69)25-33(65)21-57-45-46(59(55(57)77)23-35(67)27-63-49(71)39-15-11-31(7-3)19-43(39)53(63)75)60(24-36(68)28-64-50(72)40-16-12-32(8-4)20-44(40)54(64)76)56(78)58(45)22-34(66)26-62-48(70)38-14-10-30(6-2)18-42(38)52(62)74/h1-4,9-20,33-36,45-46,65-68H,21-28H2. The molecular formula is C56H42N8O14. The molecule has 78 heavy (non-hydrogen) atoms. The molecule has 2 saturated heterocycles. The van der Waals surface area contributed by atoms with E-state index in [-0.39, 0.29) is 44.5 Å². The van der Waals surface area contributed by atoms with Crippen LogP contribution in [0.5, 0.6) is 0 Å². The number of aliphatic hydroxyl groups excluding tert-OH is 4. The Hall–Kier alpha value is -9.94. The maximum absolute atomic E-state index is 15.1. The van der Waals surface area contributed by atoms with Gasteiger partial charge in [-0.15, -0.1) is 25.7 Å². The Labute approximate surface area is 443 Å². The molecule has 12 amide bonds. The number of terminal acetylenes is 4. The smallest absolute Gasteiger partial charge is 0.323 e. The van der Waals surface area contributed by atoms with Crippen LogP contribution in [-0.4, -0.2) is 208 Å². The highest BCUT2D eigenvalue weighted by Gasteiger charge is 2.60. The average Bonchev–Trinajstić information content (AvgIpc) is 4.32. The zero-order valence-corrected chi connectivity index (χ0v) is 40.8. The number of rotatable bonds is 16. The van der Waals surface area contributed by atoms with E-state index in [1.807, 2.05) is 0 Å². The molecule has 4 aromatic rings. The van der Waals surface area contributed by atoms with Crippen molar-refractivity contribution in [1.29, 1.82) is 0 Å². The second kappa shape index (κ2) is 19.6. The number of amides is 12. The van der Waals surface area contributed by atoms with E-state index >= 15 is 9.59 Å². The summed E-state index contributed by atoms with van der Waals surface area (Å²) in [6.07, 6.45) is 11.7. The topological polar surface area (TPSA) is 278 Å². The molecule has 390 valence electrons. The number of nitrogens with zero attached hydrogens (tertiary/aromatic N) is 8. The van der Waals surface area contributed by atoms with E-state index in [1.54, 1.807) is 0 Å². The molecule has 6 aliphatic heterocycles. The molecule has 0 aromatic heterocycles. The van der Waals surface area contributed by atoms with Crippen LogP contribution >= 0.6 is 0 Å². The van der Waals surface area contributed by atoms with Gasteiger partial charge in [0.15, 0.2) is 0 Å². The highest BCUT2D eigenvalue weighted by atomic mass is 16.3. The average molecular weight is 1050 g/mol. The number of fused-ring (bicyclic) bond motifs is 5. The van der Waals surface area contributed by atoms with Crippen molar-refractivity contribution in [3.63, 3.8) is 0 Å². The van der Waals surface area contributed by atoms with E-state index in [4.69, 9.17) is 25.7 Å². The first-order valence-electron chi connectivity index (χ1n) is 24.0. The summed E-state index contributed by atoms with van der Waals surface area (Å²) in [5.74, 6) is 3.08. The molecule has 2 fully saturated rings. The Balaban J connectivity index is 0.974. The van der Waals surface area contributed by atoms with E-state index < -0.39 is 148 Å². The predicted octanol–water partition coefficient (Wildman–Crippen LogP) is -0.333. The fraction of sp³-hybridized carbons (Fsp3) is 0.250. The fourth-order valence-corrected chi connectivity index (χ4v) is 10.7. The SMILES string of the molecule is C#Cc1ccc2c(c1)C(=O)N(CC(O)CN1C(=O)N(CC(O)CN3C(=O)c4ccc(C#C)cc4C3=O)C3C1N(CC(O)CN1C(=O)c4ccc(C#C)cc4C1=O)C(=O)N3CC(O)CN1C(=O)c3ccc(C#C)cc3C1=O)C2=O. The number of aliphatic hydroxyl groups is 4. The van der Waals surface area contributed by atoms with Crippen LogP contribution in [0.25, 0.3) is 0 Å². The molecule has 10 rings (SSSR count). The van der Waals surface area contributed by atoms with E-state index in [1.165, 1.54) is 72.8 Å². The highest BCUT2D eigenvalue weighted by Crippen LogP contribution is 2.38. The van der Waals surface area contributed by atoms with Gasteiger partial charge in [0.05, 0.1) is 121 Å². The molecule has 0 bridgehead atoms. The van der Waals surface area contributed by atoms with Gasteiger partial charge in [-0.3, -0.25) is 77.6 Å². The highest BCUT2D eigenvalue weighted by molar-refractivity contribution is 6.23. The summed E-state index contributed by atoms with van der Waals surface area (Å²) in [4.78, 5) is 145. The summed E-state index contributed by atoms with van der Waals surface area (Å²) in [5, 5.41) is 47.1. The van der Waals surface area contributed by atoms with Crippen LogP contribution < -0.4 is 0 Å². The van der Waals surface area contributed by atoms with Gasteiger partial charge >= 0.3 is 12.1 Å². The van der Waals surface area contributed by atoms with Crippen molar-refractivity contribution in [1.82, 2.24) is 39.2 Å². The van der Waals surface area contributed by atoms with Crippen molar-refractivity contribution >= 4 is 59.3 Å². The Bertz CT molecular complexity index is 3140. The van der Waals surface area contributed by atoms with Crippen LogP contribution in [0, 0.1) is 49.4 Å². The van der Waals surface area contributed by atoms with E-state index in [0.29, 0.717) is 22.3 Å². The van der Waals surface area contributed by atoms with E-state index in [9.17, 15) is 58.8 Å². The third-order valence-electron chi connectivity index (χ3n) is 14.3. The minimum atomic E-state index is -1.78. The zero-order valence-electron chi connectivity index (χ0n) is 40.8. The summed E-state index contributed by atoms with van der Waals surface area (Å²) < 4.78 is 0. The zero-order chi connectivity index (χ0) is 55.8. The third kappa shape index (κ3) is 8.44. The molecule has 0 saturated carbocycles. The third-order valence-corrected chi connectivity index (χ3v) is 14.3. The lowest BCUT2D eigenvalue weighted by Crippen LogP contribution is -2.54. The van der Waals surface area contributed by atoms with Gasteiger partial charge < -0.3 is 20.4 Å². The molecule has 22 heteroatoms. The van der Waals surface area contributed by atoms with Gasteiger partial charge in [-0.25, -0.2) is 9.59 Å². The second-order valence-corrected chi connectivity index (χ2v) is 19.1. The normalized spacial score (nSPS) is 19.7. The molecular weight excluding hydrogens is 1010 g/mol. The quantitative estimate of drug-likeness (QED) is 0.0827. The fourth-order valence-electron chi connectivity index (χ4n) is 10.7. The van der Waals surface area contributed by atoms with Crippen LogP contribution in [0.3, 0.4) is 0 Å². The Morgan fingerprint density at radius 2 is 0.513 bits per heavy atom. The monoisotopic (exact) mass is 1050 g/mol. The molecule has 4 atom stereocenters. The molecule has 0 radical (unpaired) electrons. The number of hydrogen-bond acceptors (Lipinski definition) is 14. The maximum atomic E-state index is 15.1. The van der Waals surface area contributed by atoms with Crippen LogP contribution in [0.15, 0.2) is 72.8 Å². The van der Waals surface area contributed by atoms with Crippen LogP contribution in [0.1, 0.15) is 105 Å². The first kappa shape index (κ1) is 51.5. The summed E-state index contributed by atoms with van der Waals surface area (Å²) >= 11 is 0. The van der Waals surface area contributed by atoms with Crippen molar-refractivity contribution in [2.75, 3.05) is 52.4 Å². The first-order chi connectivity index (χ1) is 37.3. The Kier molecular flexibility index (Phi) is 13.0. The van der Waals surface area contributed by atoms with Gasteiger partial charge in [0.2, 0.25) is 0 Å². The van der Waals surface area contributed by atoms with Gasteiger partial charge in [0.25, 0.3) is 47.3 Å². The van der Waals surface area contributed by atoms with Crippen LogP contribution in [-0.2, 0) is 0 Å². The molecule has 6 heterocycles. The largest absolute Gasteiger partial charge is 0.389 e. The van der Waals surface area contributed by atoms with Crippen molar-refractivity contribution in [3.05, 3.63) is 140 Å². The predicted molar refractivity (Wildman–Crippen MR) is 268 cm³/mol. The molecule has 22 nitrogen and oxygen atoms in total. The lowest BCUT2D eigenvalue weighted by Gasteiger charge is -2.33. The van der Waals surface area contributed by atoms with Gasteiger partial charge in [0.1, 0.15) is 12.3 Å². The molecule has 6 aliphatic rings. The summed E-state index contributed by atoms with van der Waals surface area (Å²) in [5.41, 5.74) is 0.949. The van der Waals surface area contributed by atoms with Crippen LogP contribution in [0.4, 0.5) is 9.59 Å². The van der Waals surface area contributed by atoms with Crippen LogP contribution in [0.2, 0.25) is 0 Å². The van der Waals surface area contributed by atoms with Gasteiger partial charge in [-0.2, -0.15) is 0 Å². The minimum Gasteiger partial charge on any atom is -0.389 e. The molecule has 0 spiro atoms. The van der Waals surface area contributed by atoms with Crippen molar-refractivity contribution < 1.29 is 68.4 Å². The second-order valence-electron chi connectivity index (χ2n) is 19.1. The van der Waals surface area contributed by atoms with Crippen molar-refractivity contribution in [3.8, 4) is 49.4 Å². The number of urea groups is 2. The number of benzene rings is 4. The Morgan fingerprint density at radius 1 is 0.321 bits per heavy atom.